The number of nitrogens with zero attached hydrogens (tertiary/aromatic N) is 4. The van der Waals surface area contributed by atoms with Crippen molar-refractivity contribution in [2.75, 3.05) is 19.7 Å². The summed E-state index contributed by atoms with van der Waals surface area (Å²) >= 11 is 0. The van der Waals surface area contributed by atoms with E-state index in [0.29, 0.717) is 26.1 Å². The van der Waals surface area contributed by atoms with Crippen LogP contribution < -0.4 is 0 Å². The van der Waals surface area contributed by atoms with Crippen molar-refractivity contribution >= 4 is 5.91 Å². The highest BCUT2D eigenvalue weighted by atomic mass is 16.3. The molecule has 0 aliphatic heterocycles. The van der Waals surface area contributed by atoms with Gasteiger partial charge in [-0.05, 0) is 13.3 Å². The van der Waals surface area contributed by atoms with E-state index in [1.807, 2.05) is 6.92 Å². The second-order valence-corrected chi connectivity index (χ2v) is 3.47. The van der Waals surface area contributed by atoms with Gasteiger partial charge >= 0.3 is 0 Å². The summed E-state index contributed by atoms with van der Waals surface area (Å²) in [5.41, 5.74) is 0. The number of aliphatic hydroxyl groups is 1. The second-order valence-electron chi connectivity index (χ2n) is 3.47. The minimum Gasteiger partial charge on any atom is -0.395 e. The molecule has 0 fully saturated rings. The van der Waals surface area contributed by atoms with Crippen LogP contribution in [0, 0.1) is 0 Å². The van der Waals surface area contributed by atoms with E-state index in [2.05, 4.69) is 10.3 Å². The molecule has 0 saturated carbocycles. The van der Waals surface area contributed by atoms with Crippen molar-refractivity contribution in [3.05, 3.63) is 12.4 Å². The standard InChI is InChI=1S/C10H18N4O2/c1-2-13(8-9-15)10(16)4-3-6-14-7-5-11-12-14/h5,7,15H,2-4,6,8-9H2,1H3. The Morgan fingerprint density at radius 2 is 2.38 bits per heavy atom. The fraction of sp³-hybridized carbons (Fsp3) is 0.700. The molecule has 0 aromatic carbocycles. The van der Waals surface area contributed by atoms with Crippen LogP contribution in [0.3, 0.4) is 0 Å². The molecule has 0 unspecified atom stereocenters. The number of carbonyl (C=O) groups is 1. The molecular weight excluding hydrogens is 208 g/mol. The first kappa shape index (κ1) is 12.6. The molecule has 0 bridgehead atoms. The molecule has 16 heavy (non-hydrogen) atoms. The number of hydrogen-bond acceptors (Lipinski definition) is 4. The van der Waals surface area contributed by atoms with E-state index >= 15 is 0 Å². The van der Waals surface area contributed by atoms with Crippen LogP contribution >= 0.6 is 0 Å². The molecule has 1 heterocycles. The monoisotopic (exact) mass is 226 g/mol. The lowest BCUT2D eigenvalue weighted by Gasteiger charge is -2.19. The first-order chi connectivity index (χ1) is 7.77. The lowest BCUT2D eigenvalue weighted by atomic mass is 10.2. The van der Waals surface area contributed by atoms with Gasteiger partial charge < -0.3 is 10.0 Å². The molecule has 0 radical (unpaired) electrons. The summed E-state index contributed by atoms with van der Waals surface area (Å²) in [5, 5.41) is 16.3. The molecule has 1 rings (SSSR count). The van der Waals surface area contributed by atoms with Crippen molar-refractivity contribution in [3.63, 3.8) is 0 Å². The Bertz CT molecular complexity index is 300. The van der Waals surface area contributed by atoms with Gasteiger partial charge in [-0.3, -0.25) is 9.48 Å². The molecule has 0 aliphatic carbocycles. The fourth-order valence-electron chi connectivity index (χ4n) is 1.48. The number of rotatable bonds is 7. The van der Waals surface area contributed by atoms with Gasteiger partial charge in [-0.1, -0.05) is 5.21 Å². The zero-order chi connectivity index (χ0) is 11.8. The van der Waals surface area contributed by atoms with Crippen LogP contribution in [-0.4, -0.2) is 50.6 Å². The summed E-state index contributed by atoms with van der Waals surface area (Å²) in [4.78, 5) is 13.3. The summed E-state index contributed by atoms with van der Waals surface area (Å²) in [6, 6.07) is 0. The average molecular weight is 226 g/mol. The van der Waals surface area contributed by atoms with E-state index in [0.717, 1.165) is 6.42 Å². The zero-order valence-electron chi connectivity index (χ0n) is 9.54. The third kappa shape index (κ3) is 3.98. The number of aryl methyl sites for hydroxylation is 1. The molecule has 0 spiro atoms. The van der Waals surface area contributed by atoms with Crippen LogP contribution in [0.25, 0.3) is 0 Å². The topological polar surface area (TPSA) is 71.2 Å². The van der Waals surface area contributed by atoms with Gasteiger partial charge in [0.2, 0.25) is 5.91 Å². The molecule has 0 saturated heterocycles. The Morgan fingerprint density at radius 3 is 2.94 bits per heavy atom. The van der Waals surface area contributed by atoms with E-state index in [1.54, 1.807) is 22.0 Å². The Kier molecular flexibility index (Phi) is 5.49. The number of amides is 1. The largest absolute Gasteiger partial charge is 0.395 e. The highest BCUT2D eigenvalue weighted by Gasteiger charge is 2.10. The van der Waals surface area contributed by atoms with Crippen molar-refractivity contribution in [2.24, 2.45) is 0 Å². The van der Waals surface area contributed by atoms with Gasteiger partial charge in [0.1, 0.15) is 0 Å². The molecule has 1 amide bonds. The summed E-state index contributed by atoms with van der Waals surface area (Å²) in [6.45, 7) is 3.68. The lowest BCUT2D eigenvalue weighted by molar-refractivity contribution is -0.131. The number of aliphatic hydroxyl groups excluding tert-OH is 1. The molecule has 0 aliphatic rings. The highest BCUT2D eigenvalue weighted by Crippen LogP contribution is 1.99. The van der Waals surface area contributed by atoms with Crippen molar-refractivity contribution in [2.45, 2.75) is 26.3 Å². The van der Waals surface area contributed by atoms with Gasteiger partial charge in [0.25, 0.3) is 0 Å². The molecule has 1 aromatic heterocycles. The lowest BCUT2D eigenvalue weighted by Crippen LogP contribution is -2.33. The minimum absolute atomic E-state index is 0.0165. The van der Waals surface area contributed by atoms with Crippen molar-refractivity contribution in [1.29, 1.82) is 0 Å². The number of likely N-dealkylation sites (N-methyl/N-ethyl adjacent to an activating group) is 1. The third-order valence-corrected chi connectivity index (χ3v) is 2.35. The van der Waals surface area contributed by atoms with Crippen LogP contribution in [0.5, 0.6) is 0 Å². The van der Waals surface area contributed by atoms with Gasteiger partial charge in [-0.25, -0.2) is 0 Å². The van der Waals surface area contributed by atoms with Gasteiger partial charge in [0.15, 0.2) is 0 Å². The maximum Gasteiger partial charge on any atom is 0.222 e. The molecular formula is C10H18N4O2. The normalized spacial score (nSPS) is 10.4. The molecule has 0 atom stereocenters. The van der Waals surface area contributed by atoms with E-state index in [9.17, 15) is 4.79 Å². The Balaban J connectivity index is 2.23. The molecule has 6 heteroatoms. The molecule has 1 N–H and O–H groups in total. The summed E-state index contributed by atoms with van der Waals surface area (Å²) < 4.78 is 1.70. The molecule has 90 valence electrons. The predicted molar refractivity (Wildman–Crippen MR) is 58.6 cm³/mol. The average Bonchev–Trinajstić information content (AvgIpc) is 2.78. The van der Waals surface area contributed by atoms with E-state index < -0.39 is 0 Å². The molecule has 1 aromatic rings. The smallest absolute Gasteiger partial charge is 0.222 e. The van der Waals surface area contributed by atoms with Gasteiger partial charge in [-0.15, -0.1) is 5.10 Å². The SMILES string of the molecule is CCN(CCO)C(=O)CCCn1ccnn1. The van der Waals surface area contributed by atoms with Crippen molar-refractivity contribution in [1.82, 2.24) is 19.9 Å². The first-order valence-corrected chi connectivity index (χ1v) is 5.50. The Hall–Kier alpha value is -1.43. The quantitative estimate of drug-likeness (QED) is 0.704. The third-order valence-electron chi connectivity index (χ3n) is 2.35. The zero-order valence-corrected chi connectivity index (χ0v) is 9.54. The highest BCUT2D eigenvalue weighted by molar-refractivity contribution is 5.76. The molecule has 6 nitrogen and oxygen atoms in total. The maximum atomic E-state index is 11.7. The summed E-state index contributed by atoms with van der Waals surface area (Å²) in [6.07, 6.45) is 4.61. The first-order valence-electron chi connectivity index (χ1n) is 5.50. The minimum atomic E-state index is 0.0165. The van der Waals surface area contributed by atoms with Crippen molar-refractivity contribution < 1.29 is 9.90 Å². The van der Waals surface area contributed by atoms with Gasteiger partial charge in [0, 0.05) is 32.3 Å². The Labute approximate surface area is 94.9 Å². The van der Waals surface area contributed by atoms with Crippen LogP contribution in [0.4, 0.5) is 0 Å². The van der Waals surface area contributed by atoms with Gasteiger partial charge in [0.05, 0.1) is 12.8 Å². The van der Waals surface area contributed by atoms with E-state index in [4.69, 9.17) is 5.11 Å². The van der Waals surface area contributed by atoms with Crippen molar-refractivity contribution in [3.8, 4) is 0 Å². The summed E-state index contributed by atoms with van der Waals surface area (Å²) in [5.74, 6) is 0.0802. The van der Waals surface area contributed by atoms with Gasteiger partial charge in [-0.2, -0.15) is 0 Å². The van der Waals surface area contributed by atoms with Crippen LogP contribution in [0.1, 0.15) is 19.8 Å². The number of aromatic nitrogens is 3. The van der Waals surface area contributed by atoms with E-state index in [-0.39, 0.29) is 12.5 Å². The Morgan fingerprint density at radius 1 is 1.56 bits per heavy atom. The summed E-state index contributed by atoms with van der Waals surface area (Å²) in [7, 11) is 0. The van der Waals surface area contributed by atoms with Crippen LogP contribution in [-0.2, 0) is 11.3 Å². The van der Waals surface area contributed by atoms with Crippen LogP contribution in [0.15, 0.2) is 12.4 Å². The van der Waals surface area contributed by atoms with Crippen LogP contribution in [0.2, 0.25) is 0 Å². The number of hydrogen-bond donors (Lipinski definition) is 1. The number of carbonyl (C=O) groups excluding carboxylic acids is 1. The maximum absolute atomic E-state index is 11.7. The predicted octanol–water partition coefficient (Wildman–Crippen LogP) is -0.101. The van der Waals surface area contributed by atoms with E-state index in [1.165, 1.54) is 0 Å². The fourth-order valence-corrected chi connectivity index (χ4v) is 1.48. The second kappa shape index (κ2) is 6.95.